The summed E-state index contributed by atoms with van der Waals surface area (Å²) >= 11 is 0. The fraction of sp³-hybridized carbons (Fsp3) is 0.200. The SMILES string of the molecule is Cc1ccc(S(=O)(=O)NCCCn2nc(-c3ccc(F)cc3)ccc2=O)cc1. The molecule has 0 bridgehead atoms. The average Bonchev–Trinajstić information content (AvgIpc) is 2.67. The van der Waals surface area contributed by atoms with Crippen molar-refractivity contribution in [2.24, 2.45) is 0 Å². The van der Waals surface area contributed by atoms with Gasteiger partial charge < -0.3 is 0 Å². The molecular weight excluding hydrogens is 381 g/mol. The maximum absolute atomic E-state index is 13.1. The van der Waals surface area contributed by atoms with E-state index in [2.05, 4.69) is 9.82 Å². The van der Waals surface area contributed by atoms with Gasteiger partial charge in [-0.05, 0) is 55.8 Å². The Morgan fingerprint density at radius 3 is 2.36 bits per heavy atom. The predicted molar refractivity (Wildman–Crippen MR) is 105 cm³/mol. The number of aryl methyl sites for hydroxylation is 2. The molecular formula is C20H20FN3O3S. The maximum atomic E-state index is 13.1. The van der Waals surface area contributed by atoms with Gasteiger partial charge in [0.05, 0.1) is 10.6 Å². The van der Waals surface area contributed by atoms with Crippen molar-refractivity contribution in [3.8, 4) is 11.3 Å². The first kappa shape index (κ1) is 19.9. The van der Waals surface area contributed by atoms with Crippen LogP contribution in [-0.2, 0) is 16.6 Å². The average molecular weight is 401 g/mol. The summed E-state index contributed by atoms with van der Waals surface area (Å²) < 4.78 is 41.4. The smallest absolute Gasteiger partial charge is 0.266 e. The summed E-state index contributed by atoms with van der Waals surface area (Å²) in [6.07, 6.45) is 0.394. The first-order chi connectivity index (χ1) is 13.3. The van der Waals surface area contributed by atoms with Crippen LogP contribution >= 0.6 is 0 Å². The predicted octanol–water partition coefficient (Wildman–Crippen LogP) is 2.73. The number of rotatable bonds is 7. The lowest BCUT2D eigenvalue weighted by Crippen LogP contribution is -2.28. The lowest BCUT2D eigenvalue weighted by atomic mass is 10.1. The lowest BCUT2D eigenvalue weighted by Gasteiger charge is -2.09. The number of nitrogens with zero attached hydrogens (tertiary/aromatic N) is 2. The van der Waals surface area contributed by atoms with Gasteiger partial charge >= 0.3 is 0 Å². The van der Waals surface area contributed by atoms with Gasteiger partial charge in [-0.15, -0.1) is 0 Å². The van der Waals surface area contributed by atoms with E-state index in [1.165, 1.54) is 22.9 Å². The van der Waals surface area contributed by atoms with Gasteiger partial charge in [0.15, 0.2) is 0 Å². The first-order valence-electron chi connectivity index (χ1n) is 8.76. The summed E-state index contributed by atoms with van der Waals surface area (Å²) in [7, 11) is -3.59. The Hall–Kier alpha value is -2.84. The molecule has 0 fully saturated rings. The molecule has 0 amide bonds. The molecule has 1 N–H and O–H groups in total. The third-order valence-electron chi connectivity index (χ3n) is 4.18. The van der Waals surface area contributed by atoms with Gasteiger partial charge in [0.1, 0.15) is 5.82 Å². The minimum atomic E-state index is -3.59. The zero-order chi connectivity index (χ0) is 20.1. The van der Waals surface area contributed by atoms with Gasteiger partial charge in [-0.3, -0.25) is 4.79 Å². The highest BCUT2D eigenvalue weighted by Crippen LogP contribution is 2.15. The van der Waals surface area contributed by atoms with E-state index >= 15 is 0 Å². The number of aromatic nitrogens is 2. The third-order valence-corrected chi connectivity index (χ3v) is 5.65. The Labute approximate surface area is 162 Å². The molecule has 0 unspecified atom stereocenters. The molecule has 3 rings (SSSR count). The molecule has 1 aromatic heterocycles. The van der Waals surface area contributed by atoms with Gasteiger partial charge in [-0.2, -0.15) is 5.10 Å². The van der Waals surface area contributed by atoms with E-state index in [0.717, 1.165) is 5.56 Å². The van der Waals surface area contributed by atoms with Crippen LogP contribution in [0.1, 0.15) is 12.0 Å². The quantitative estimate of drug-likeness (QED) is 0.617. The van der Waals surface area contributed by atoms with Crippen LogP contribution in [0, 0.1) is 12.7 Å². The lowest BCUT2D eigenvalue weighted by molar-refractivity contribution is 0.536. The van der Waals surface area contributed by atoms with Crippen molar-refractivity contribution in [3.63, 3.8) is 0 Å². The molecule has 0 saturated heterocycles. The van der Waals surface area contributed by atoms with Gasteiger partial charge in [-0.1, -0.05) is 17.7 Å². The summed E-state index contributed by atoms with van der Waals surface area (Å²) in [5, 5.41) is 4.28. The number of hydrogen-bond acceptors (Lipinski definition) is 4. The fourth-order valence-corrected chi connectivity index (χ4v) is 3.69. The van der Waals surface area contributed by atoms with Crippen molar-refractivity contribution in [2.75, 3.05) is 6.54 Å². The molecule has 2 aromatic carbocycles. The Morgan fingerprint density at radius 2 is 1.68 bits per heavy atom. The topological polar surface area (TPSA) is 81.1 Å². The molecule has 0 saturated carbocycles. The minimum Gasteiger partial charge on any atom is -0.268 e. The summed E-state index contributed by atoms with van der Waals surface area (Å²) in [6, 6.07) is 15.4. The van der Waals surface area contributed by atoms with Crippen LogP contribution in [0.25, 0.3) is 11.3 Å². The van der Waals surface area contributed by atoms with E-state index < -0.39 is 10.0 Å². The Bertz CT molecular complexity index is 1110. The normalized spacial score (nSPS) is 11.5. The molecule has 146 valence electrons. The second-order valence-electron chi connectivity index (χ2n) is 6.35. The van der Waals surface area contributed by atoms with Crippen molar-refractivity contribution in [2.45, 2.75) is 24.8 Å². The third kappa shape index (κ3) is 4.90. The molecule has 8 heteroatoms. The summed E-state index contributed by atoms with van der Waals surface area (Å²) in [5.41, 5.74) is 1.92. The molecule has 0 atom stereocenters. The molecule has 3 aromatic rings. The summed E-state index contributed by atoms with van der Waals surface area (Å²) in [4.78, 5) is 12.2. The standard InChI is InChI=1S/C20H20FN3O3S/c1-15-3-9-18(10-4-15)28(26,27)22-13-2-14-24-20(25)12-11-19(23-24)16-5-7-17(21)8-6-16/h3-12,22H,2,13-14H2,1H3. The highest BCUT2D eigenvalue weighted by Gasteiger charge is 2.12. The van der Waals surface area contributed by atoms with Crippen LogP contribution in [0.2, 0.25) is 0 Å². The molecule has 28 heavy (non-hydrogen) atoms. The summed E-state index contributed by atoms with van der Waals surface area (Å²) in [6.45, 7) is 2.31. The largest absolute Gasteiger partial charge is 0.268 e. The molecule has 0 aliphatic heterocycles. The van der Waals surface area contributed by atoms with Crippen molar-refractivity contribution in [3.05, 3.63) is 82.4 Å². The van der Waals surface area contributed by atoms with Gasteiger partial charge in [-0.25, -0.2) is 22.2 Å². The summed E-state index contributed by atoms with van der Waals surface area (Å²) in [5.74, 6) is -0.349. The van der Waals surface area contributed by atoms with E-state index in [4.69, 9.17) is 0 Å². The van der Waals surface area contributed by atoms with Crippen molar-refractivity contribution < 1.29 is 12.8 Å². The number of nitrogens with one attached hydrogen (secondary N) is 1. The van der Waals surface area contributed by atoms with Crippen molar-refractivity contribution >= 4 is 10.0 Å². The van der Waals surface area contributed by atoms with E-state index in [1.54, 1.807) is 42.5 Å². The van der Waals surface area contributed by atoms with Crippen LogP contribution in [0.5, 0.6) is 0 Å². The van der Waals surface area contributed by atoms with Crippen LogP contribution in [0.3, 0.4) is 0 Å². The zero-order valence-corrected chi connectivity index (χ0v) is 16.1. The van der Waals surface area contributed by atoms with E-state index in [9.17, 15) is 17.6 Å². The maximum Gasteiger partial charge on any atom is 0.266 e. The number of halogens is 1. The second kappa shape index (κ2) is 8.45. The number of hydrogen-bond donors (Lipinski definition) is 1. The first-order valence-corrected chi connectivity index (χ1v) is 10.2. The second-order valence-corrected chi connectivity index (χ2v) is 8.12. The molecule has 0 radical (unpaired) electrons. The monoisotopic (exact) mass is 401 g/mol. The Morgan fingerprint density at radius 1 is 1.00 bits per heavy atom. The fourth-order valence-electron chi connectivity index (χ4n) is 2.62. The Kier molecular flexibility index (Phi) is 6.01. The van der Waals surface area contributed by atoms with Crippen LogP contribution in [0.15, 0.2) is 70.4 Å². The van der Waals surface area contributed by atoms with E-state index in [1.807, 2.05) is 6.92 Å². The molecule has 1 heterocycles. The number of benzene rings is 2. The number of sulfonamides is 1. The highest BCUT2D eigenvalue weighted by molar-refractivity contribution is 7.89. The van der Waals surface area contributed by atoms with Gasteiger partial charge in [0.2, 0.25) is 10.0 Å². The molecule has 0 spiro atoms. The van der Waals surface area contributed by atoms with Crippen molar-refractivity contribution in [1.82, 2.24) is 14.5 Å². The zero-order valence-electron chi connectivity index (χ0n) is 15.3. The van der Waals surface area contributed by atoms with Crippen LogP contribution < -0.4 is 10.3 Å². The van der Waals surface area contributed by atoms with E-state index in [0.29, 0.717) is 17.7 Å². The van der Waals surface area contributed by atoms with Crippen molar-refractivity contribution in [1.29, 1.82) is 0 Å². The molecule has 6 nitrogen and oxygen atoms in total. The van der Waals surface area contributed by atoms with E-state index in [-0.39, 0.29) is 29.4 Å². The Balaban J connectivity index is 1.63. The van der Waals surface area contributed by atoms with Crippen LogP contribution in [-0.4, -0.2) is 24.7 Å². The molecule has 0 aliphatic carbocycles. The minimum absolute atomic E-state index is 0.172. The highest BCUT2D eigenvalue weighted by atomic mass is 32.2. The van der Waals surface area contributed by atoms with Gasteiger partial charge in [0.25, 0.3) is 5.56 Å². The van der Waals surface area contributed by atoms with Crippen LogP contribution in [0.4, 0.5) is 4.39 Å². The molecule has 0 aliphatic rings. The van der Waals surface area contributed by atoms with Gasteiger partial charge in [0, 0.05) is 24.7 Å².